The Kier molecular flexibility index (Phi) is 11.7. The van der Waals surface area contributed by atoms with E-state index >= 15 is 0 Å². The molecular formula is C35H43NO8. The lowest BCUT2D eigenvalue weighted by molar-refractivity contribution is -0.141. The molecule has 2 aromatic carbocycles. The largest absolute Gasteiger partial charge is 0.508 e. The van der Waals surface area contributed by atoms with Crippen LogP contribution in [0.3, 0.4) is 0 Å². The minimum atomic E-state index is -0.963. The zero-order chi connectivity index (χ0) is 31.6. The molecule has 236 valence electrons. The van der Waals surface area contributed by atoms with Crippen LogP contribution >= 0.6 is 0 Å². The van der Waals surface area contributed by atoms with Crippen LogP contribution in [0, 0.1) is 17.8 Å². The Morgan fingerprint density at radius 3 is 2.50 bits per heavy atom. The van der Waals surface area contributed by atoms with Crippen LogP contribution in [-0.4, -0.2) is 69.0 Å². The van der Waals surface area contributed by atoms with Crippen molar-refractivity contribution in [3.63, 3.8) is 0 Å². The fourth-order valence-electron chi connectivity index (χ4n) is 6.47. The number of amides is 2. The van der Waals surface area contributed by atoms with E-state index in [4.69, 9.17) is 9.84 Å². The quantitative estimate of drug-likeness (QED) is 0.119. The Hall–Kier alpha value is -3.95. The van der Waals surface area contributed by atoms with Gasteiger partial charge in [-0.3, -0.25) is 19.3 Å². The number of para-hydroxylation sites is 1. The maximum absolute atomic E-state index is 13.6. The van der Waals surface area contributed by atoms with E-state index in [2.05, 4.69) is 0 Å². The van der Waals surface area contributed by atoms with Gasteiger partial charge in [0.1, 0.15) is 18.1 Å². The molecule has 1 saturated heterocycles. The second kappa shape index (κ2) is 15.7. The van der Waals surface area contributed by atoms with Crippen molar-refractivity contribution in [2.24, 2.45) is 17.8 Å². The van der Waals surface area contributed by atoms with Gasteiger partial charge >= 0.3 is 5.97 Å². The van der Waals surface area contributed by atoms with Gasteiger partial charge in [-0.25, -0.2) is 0 Å². The van der Waals surface area contributed by atoms with Crippen molar-refractivity contribution in [2.75, 3.05) is 19.8 Å². The number of aliphatic carboxylic acids is 1. The number of rotatable bonds is 16. The number of imide groups is 1. The number of aliphatic hydroxyl groups excluding tert-OH is 2. The maximum atomic E-state index is 13.6. The molecule has 4 atom stereocenters. The Labute approximate surface area is 258 Å². The lowest BCUT2D eigenvalue weighted by atomic mass is 9.68. The molecule has 1 heterocycles. The summed E-state index contributed by atoms with van der Waals surface area (Å²) in [6.07, 6.45) is 4.53. The number of aliphatic hydroxyl groups is 2. The molecular weight excluding hydrogens is 562 g/mol. The van der Waals surface area contributed by atoms with E-state index in [0.717, 1.165) is 23.1 Å². The number of carboxylic acids is 1. The lowest BCUT2D eigenvalue weighted by Gasteiger charge is -2.36. The molecule has 0 spiro atoms. The summed E-state index contributed by atoms with van der Waals surface area (Å²) < 4.78 is 6.06. The number of unbranched alkanes of at least 4 members (excludes halogenated alkanes) is 2. The zero-order valence-corrected chi connectivity index (χ0v) is 25.2. The van der Waals surface area contributed by atoms with E-state index in [9.17, 15) is 29.7 Å². The number of hydrogen-bond acceptors (Lipinski definition) is 7. The van der Waals surface area contributed by atoms with Gasteiger partial charge < -0.3 is 25.2 Å². The minimum Gasteiger partial charge on any atom is -0.508 e. The average molecular weight is 606 g/mol. The van der Waals surface area contributed by atoms with Crippen LogP contribution in [0.15, 0.2) is 71.3 Å². The van der Waals surface area contributed by atoms with E-state index in [1.807, 2.05) is 49.4 Å². The van der Waals surface area contributed by atoms with E-state index in [0.29, 0.717) is 43.4 Å². The summed E-state index contributed by atoms with van der Waals surface area (Å²) in [5.41, 5.74) is 3.23. The van der Waals surface area contributed by atoms with Crippen molar-refractivity contribution < 1.29 is 39.5 Å². The number of carboxylic acid groups (broad SMARTS) is 1. The van der Waals surface area contributed by atoms with E-state index < -0.39 is 36.4 Å². The molecule has 0 bridgehead atoms. The van der Waals surface area contributed by atoms with Crippen molar-refractivity contribution in [1.29, 1.82) is 0 Å². The molecule has 0 saturated carbocycles. The smallest absolute Gasteiger partial charge is 0.303 e. The number of hydrogen-bond donors (Lipinski definition) is 4. The predicted molar refractivity (Wildman–Crippen MR) is 166 cm³/mol. The Morgan fingerprint density at radius 2 is 1.82 bits per heavy atom. The molecule has 0 radical (unpaired) electrons. The van der Waals surface area contributed by atoms with Crippen molar-refractivity contribution in [1.82, 2.24) is 4.90 Å². The molecule has 9 nitrogen and oxygen atoms in total. The Balaban J connectivity index is 1.56. The minimum absolute atomic E-state index is 0.0401. The van der Waals surface area contributed by atoms with Crippen LogP contribution in [0.25, 0.3) is 6.08 Å². The van der Waals surface area contributed by atoms with E-state index in [1.54, 1.807) is 18.2 Å². The maximum Gasteiger partial charge on any atom is 0.303 e. The number of benzene rings is 2. The van der Waals surface area contributed by atoms with Crippen LogP contribution in [-0.2, 0) is 14.4 Å². The highest BCUT2D eigenvalue weighted by atomic mass is 16.5. The molecule has 2 aliphatic rings. The number of carbonyl (C=O) groups excluding carboxylic acids is 2. The number of aromatic hydroxyl groups is 1. The van der Waals surface area contributed by atoms with Crippen LogP contribution in [0.5, 0.6) is 11.5 Å². The monoisotopic (exact) mass is 605 g/mol. The third-order valence-corrected chi connectivity index (χ3v) is 8.69. The third kappa shape index (κ3) is 8.15. The Bertz CT molecular complexity index is 1370. The lowest BCUT2D eigenvalue weighted by Crippen LogP contribution is -2.40. The first kappa shape index (κ1) is 33.0. The zero-order valence-electron chi connectivity index (χ0n) is 25.2. The molecule has 1 fully saturated rings. The van der Waals surface area contributed by atoms with Gasteiger partial charge in [-0.1, -0.05) is 55.3 Å². The summed E-state index contributed by atoms with van der Waals surface area (Å²) in [5.74, 6) is -2.85. The summed E-state index contributed by atoms with van der Waals surface area (Å²) >= 11 is 0. The van der Waals surface area contributed by atoms with Gasteiger partial charge in [-0.2, -0.15) is 0 Å². The van der Waals surface area contributed by atoms with Crippen LogP contribution in [0.2, 0.25) is 0 Å². The first-order valence-corrected chi connectivity index (χ1v) is 15.5. The van der Waals surface area contributed by atoms with E-state index in [-0.39, 0.29) is 43.6 Å². The molecule has 1 aliphatic carbocycles. The standard InChI is InChI=1S/C35H43NO8/c1-2-23(18-24-10-9-11-26(38)19-24)15-16-30(39)32-25(22-44-27-12-5-3-6-13-27)20-28-33(29(32)21-37)35(43)36(34(28)42)17-8-4-7-14-31(40)41/h3,5-6,9-13,18-19,28-30,33,37-39H,2,4,7-8,14-17,20-22H2,1H3,(H,40,41)/b23-18+/t28-,29+,30-,33-/m1/s1. The molecule has 4 N–H and O–H groups in total. The highest BCUT2D eigenvalue weighted by Gasteiger charge is 2.54. The third-order valence-electron chi connectivity index (χ3n) is 8.69. The van der Waals surface area contributed by atoms with Gasteiger partial charge in [0, 0.05) is 18.9 Å². The number of ether oxygens (including phenoxy) is 1. The summed E-state index contributed by atoms with van der Waals surface area (Å²) in [6.45, 7) is 1.95. The van der Waals surface area contributed by atoms with Crippen molar-refractivity contribution in [3.8, 4) is 11.5 Å². The number of nitrogens with zero attached hydrogens (tertiary/aromatic N) is 1. The molecule has 1 aliphatic heterocycles. The summed E-state index contributed by atoms with van der Waals surface area (Å²) in [7, 11) is 0. The summed E-state index contributed by atoms with van der Waals surface area (Å²) in [5, 5.41) is 41.0. The number of carbonyl (C=O) groups is 3. The van der Waals surface area contributed by atoms with Crippen LogP contribution < -0.4 is 4.74 Å². The molecule has 0 unspecified atom stereocenters. The number of likely N-dealkylation sites (tertiary alicyclic amines) is 1. The van der Waals surface area contributed by atoms with Gasteiger partial charge in [0.25, 0.3) is 0 Å². The number of allylic oxidation sites excluding steroid dienone is 1. The molecule has 2 amide bonds. The molecule has 2 aromatic rings. The Morgan fingerprint density at radius 1 is 1.05 bits per heavy atom. The molecule has 0 aromatic heterocycles. The fraction of sp³-hybridized carbons (Fsp3) is 0.457. The number of phenols is 1. The fourth-order valence-corrected chi connectivity index (χ4v) is 6.47. The van der Waals surface area contributed by atoms with Gasteiger partial charge in [0.15, 0.2) is 0 Å². The van der Waals surface area contributed by atoms with Crippen LogP contribution in [0.1, 0.15) is 63.9 Å². The first-order valence-electron chi connectivity index (χ1n) is 15.5. The second-order valence-corrected chi connectivity index (χ2v) is 11.6. The normalized spacial score (nSPS) is 21.0. The van der Waals surface area contributed by atoms with Crippen molar-refractivity contribution in [3.05, 3.63) is 76.9 Å². The number of phenolic OH excluding ortho intramolecular Hbond substituents is 1. The topological polar surface area (TPSA) is 145 Å². The SMILES string of the molecule is CC/C(=C\c1cccc(O)c1)CC[C@@H](O)C1=C(COc2ccccc2)C[C@H]2C(=O)N(CCCCCC(=O)O)C(=O)[C@H]2[C@H]1CO. The van der Waals surface area contributed by atoms with Gasteiger partial charge in [-0.05, 0) is 79.5 Å². The van der Waals surface area contributed by atoms with Crippen molar-refractivity contribution in [2.45, 2.75) is 64.4 Å². The van der Waals surface area contributed by atoms with Crippen LogP contribution in [0.4, 0.5) is 0 Å². The van der Waals surface area contributed by atoms with Crippen molar-refractivity contribution >= 4 is 23.9 Å². The highest BCUT2D eigenvalue weighted by Crippen LogP contribution is 2.46. The molecule has 44 heavy (non-hydrogen) atoms. The molecule has 9 heteroatoms. The number of fused-ring (bicyclic) bond motifs is 1. The van der Waals surface area contributed by atoms with Gasteiger partial charge in [0.2, 0.25) is 11.8 Å². The second-order valence-electron chi connectivity index (χ2n) is 11.6. The average Bonchev–Trinajstić information content (AvgIpc) is 3.25. The summed E-state index contributed by atoms with van der Waals surface area (Å²) in [6, 6.07) is 16.2. The van der Waals surface area contributed by atoms with E-state index in [1.165, 1.54) is 4.90 Å². The van der Waals surface area contributed by atoms with Gasteiger partial charge in [-0.15, -0.1) is 0 Å². The predicted octanol–water partition coefficient (Wildman–Crippen LogP) is 4.96. The summed E-state index contributed by atoms with van der Waals surface area (Å²) in [4.78, 5) is 39.2. The first-order chi connectivity index (χ1) is 21.2. The van der Waals surface area contributed by atoms with Gasteiger partial charge in [0.05, 0.1) is 24.5 Å². The molecule has 4 rings (SSSR count). The highest BCUT2D eigenvalue weighted by molar-refractivity contribution is 6.05.